The number of benzene rings is 1. The molecule has 2 nitrogen and oxygen atoms in total. The molecule has 0 saturated heterocycles. The van der Waals surface area contributed by atoms with E-state index in [2.05, 4.69) is 21.2 Å². The number of hydrogen-bond acceptors (Lipinski definition) is 2. The van der Waals surface area contributed by atoms with Gasteiger partial charge in [0.05, 0.1) is 4.47 Å². The Balaban J connectivity index is 2.55. The van der Waals surface area contributed by atoms with Crippen LogP contribution in [0.3, 0.4) is 0 Å². The minimum atomic E-state index is -0.232. The van der Waals surface area contributed by atoms with Crippen molar-refractivity contribution < 1.29 is 4.39 Å². The van der Waals surface area contributed by atoms with Crippen LogP contribution < -0.4 is 11.1 Å². The quantitative estimate of drug-likeness (QED) is 0.870. The van der Waals surface area contributed by atoms with Gasteiger partial charge in [-0.2, -0.15) is 0 Å². The van der Waals surface area contributed by atoms with Crippen LogP contribution in [-0.4, -0.2) is 12.6 Å². The topological polar surface area (TPSA) is 38.0 Å². The Morgan fingerprint density at radius 1 is 1.57 bits per heavy atom. The highest BCUT2D eigenvalue weighted by atomic mass is 79.9. The van der Waals surface area contributed by atoms with Crippen molar-refractivity contribution in [2.75, 3.05) is 6.54 Å². The van der Waals surface area contributed by atoms with Gasteiger partial charge in [-0.25, -0.2) is 4.39 Å². The van der Waals surface area contributed by atoms with Crippen LogP contribution in [0.2, 0.25) is 0 Å². The Kier molecular flexibility index (Phi) is 4.51. The van der Waals surface area contributed by atoms with E-state index in [-0.39, 0.29) is 11.9 Å². The van der Waals surface area contributed by atoms with Crippen LogP contribution in [0.5, 0.6) is 0 Å². The molecule has 0 aliphatic carbocycles. The van der Waals surface area contributed by atoms with Gasteiger partial charge in [0.15, 0.2) is 0 Å². The van der Waals surface area contributed by atoms with E-state index in [1.54, 1.807) is 6.07 Å². The fourth-order valence-electron chi connectivity index (χ4n) is 1.03. The smallest absolute Gasteiger partial charge is 0.137 e. The molecule has 78 valence electrons. The molecule has 0 spiro atoms. The summed E-state index contributed by atoms with van der Waals surface area (Å²) in [6, 6.07) is 5.35. The van der Waals surface area contributed by atoms with E-state index in [1.807, 2.05) is 13.0 Å². The third-order valence-electron chi connectivity index (χ3n) is 1.99. The molecule has 0 heterocycles. The number of nitrogens with two attached hydrogens (primary N) is 1. The van der Waals surface area contributed by atoms with Crippen molar-refractivity contribution >= 4 is 15.9 Å². The largest absolute Gasteiger partial charge is 0.329 e. The molecule has 0 aliphatic rings. The molecule has 0 radical (unpaired) electrons. The summed E-state index contributed by atoms with van der Waals surface area (Å²) in [6.45, 7) is 3.22. The van der Waals surface area contributed by atoms with Crippen molar-refractivity contribution in [3.05, 3.63) is 34.1 Å². The highest BCUT2D eigenvalue weighted by Gasteiger charge is 2.02. The molecule has 1 aromatic carbocycles. The van der Waals surface area contributed by atoms with Crippen LogP contribution in [0.25, 0.3) is 0 Å². The van der Waals surface area contributed by atoms with E-state index in [4.69, 9.17) is 5.73 Å². The van der Waals surface area contributed by atoms with E-state index in [1.165, 1.54) is 6.07 Å². The zero-order chi connectivity index (χ0) is 10.6. The number of halogens is 2. The Bertz CT molecular complexity index is 304. The average molecular weight is 261 g/mol. The van der Waals surface area contributed by atoms with Crippen molar-refractivity contribution in [2.24, 2.45) is 5.73 Å². The Labute approximate surface area is 91.8 Å². The molecule has 0 saturated carbocycles. The van der Waals surface area contributed by atoms with E-state index < -0.39 is 0 Å². The third kappa shape index (κ3) is 3.36. The van der Waals surface area contributed by atoms with Gasteiger partial charge in [0.1, 0.15) is 5.82 Å². The van der Waals surface area contributed by atoms with Crippen molar-refractivity contribution in [3.8, 4) is 0 Å². The first-order valence-corrected chi connectivity index (χ1v) is 5.30. The molecule has 14 heavy (non-hydrogen) atoms. The first kappa shape index (κ1) is 11.6. The van der Waals surface area contributed by atoms with Crippen molar-refractivity contribution in [3.63, 3.8) is 0 Å². The van der Waals surface area contributed by atoms with Crippen LogP contribution in [0.1, 0.15) is 12.5 Å². The fraction of sp³-hybridized carbons (Fsp3) is 0.400. The molecule has 1 atom stereocenters. The van der Waals surface area contributed by atoms with Gasteiger partial charge in [-0.1, -0.05) is 6.07 Å². The van der Waals surface area contributed by atoms with Crippen LogP contribution in [0.4, 0.5) is 4.39 Å². The molecular formula is C10H14BrFN2. The molecule has 0 aromatic heterocycles. The first-order chi connectivity index (χ1) is 6.63. The van der Waals surface area contributed by atoms with Gasteiger partial charge >= 0.3 is 0 Å². The van der Waals surface area contributed by atoms with E-state index in [9.17, 15) is 4.39 Å². The summed E-state index contributed by atoms with van der Waals surface area (Å²) >= 11 is 3.11. The second-order valence-corrected chi connectivity index (χ2v) is 4.12. The van der Waals surface area contributed by atoms with Gasteiger partial charge < -0.3 is 11.1 Å². The molecule has 0 bridgehead atoms. The minimum Gasteiger partial charge on any atom is -0.329 e. The number of hydrogen-bond donors (Lipinski definition) is 2. The maximum Gasteiger partial charge on any atom is 0.137 e. The zero-order valence-electron chi connectivity index (χ0n) is 8.06. The third-order valence-corrected chi connectivity index (χ3v) is 2.64. The summed E-state index contributed by atoms with van der Waals surface area (Å²) in [5, 5.41) is 3.19. The molecule has 1 rings (SSSR count). The predicted octanol–water partition coefficient (Wildman–Crippen LogP) is 2.03. The average Bonchev–Trinajstić information content (AvgIpc) is 2.19. The van der Waals surface area contributed by atoms with E-state index >= 15 is 0 Å². The predicted molar refractivity (Wildman–Crippen MR) is 59.5 cm³/mol. The Morgan fingerprint density at radius 2 is 2.29 bits per heavy atom. The molecular weight excluding hydrogens is 247 g/mol. The van der Waals surface area contributed by atoms with Gasteiger partial charge in [0.2, 0.25) is 0 Å². The Morgan fingerprint density at radius 3 is 2.86 bits per heavy atom. The van der Waals surface area contributed by atoms with Crippen LogP contribution in [-0.2, 0) is 6.54 Å². The fourth-order valence-corrected chi connectivity index (χ4v) is 1.27. The highest BCUT2D eigenvalue weighted by Crippen LogP contribution is 2.16. The standard InChI is InChI=1S/C10H14BrFN2/c1-7(5-13)14-6-8-2-3-9(11)10(12)4-8/h2-4,7,14H,5-6,13H2,1H3. The van der Waals surface area contributed by atoms with Crippen LogP contribution in [0, 0.1) is 5.82 Å². The second kappa shape index (κ2) is 5.44. The zero-order valence-corrected chi connectivity index (χ0v) is 9.64. The maximum atomic E-state index is 13.1. The summed E-state index contributed by atoms with van der Waals surface area (Å²) in [4.78, 5) is 0. The molecule has 4 heteroatoms. The summed E-state index contributed by atoms with van der Waals surface area (Å²) in [7, 11) is 0. The van der Waals surface area contributed by atoms with E-state index in [0.717, 1.165) is 5.56 Å². The lowest BCUT2D eigenvalue weighted by atomic mass is 10.2. The van der Waals surface area contributed by atoms with Crippen LogP contribution >= 0.6 is 15.9 Å². The molecule has 0 amide bonds. The normalized spacial score (nSPS) is 12.9. The van der Waals surface area contributed by atoms with Crippen molar-refractivity contribution in [1.82, 2.24) is 5.32 Å². The van der Waals surface area contributed by atoms with Crippen molar-refractivity contribution in [1.29, 1.82) is 0 Å². The number of nitrogens with one attached hydrogen (secondary N) is 1. The molecule has 1 unspecified atom stereocenters. The molecule has 0 aliphatic heterocycles. The summed E-state index contributed by atoms with van der Waals surface area (Å²) in [5.41, 5.74) is 6.37. The van der Waals surface area contributed by atoms with Gasteiger partial charge in [0.25, 0.3) is 0 Å². The lowest BCUT2D eigenvalue weighted by molar-refractivity contribution is 0.552. The minimum absolute atomic E-state index is 0.232. The van der Waals surface area contributed by atoms with Gasteiger partial charge in [0, 0.05) is 19.1 Å². The Hall–Kier alpha value is -0.450. The summed E-state index contributed by atoms with van der Waals surface area (Å²) < 4.78 is 13.6. The molecule has 1 aromatic rings. The molecule has 3 N–H and O–H groups in total. The second-order valence-electron chi connectivity index (χ2n) is 3.27. The van der Waals surface area contributed by atoms with Gasteiger partial charge in [-0.15, -0.1) is 0 Å². The number of rotatable bonds is 4. The molecule has 0 fully saturated rings. The monoisotopic (exact) mass is 260 g/mol. The first-order valence-electron chi connectivity index (χ1n) is 4.51. The van der Waals surface area contributed by atoms with Crippen LogP contribution in [0.15, 0.2) is 22.7 Å². The highest BCUT2D eigenvalue weighted by molar-refractivity contribution is 9.10. The summed E-state index contributed by atoms with van der Waals surface area (Å²) in [6.07, 6.45) is 0. The van der Waals surface area contributed by atoms with E-state index in [0.29, 0.717) is 17.6 Å². The van der Waals surface area contributed by atoms with Crippen molar-refractivity contribution in [2.45, 2.75) is 19.5 Å². The lowest BCUT2D eigenvalue weighted by Crippen LogP contribution is -2.32. The maximum absolute atomic E-state index is 13.1. The van der Waals surface area contributed by atoms with Gasteiger partial charge in [-0.05, 0) is 40.5 Å². The van der Waals surface area contributed by atoms with Gasteiger partial charge in [-0.3, -0.25) is 0 Å². The summed E-state index contributed by atoms with van der Waals surface area (Å²) in [5.74, 6) is -0.232. The lowest BCUT2D eigenvalue weighted by Gasteiger charge is -2.11. The SMILES string of the molecule is CC(CN)NCc1ccc(Br)c(F)c1.